The average molecular weight is 354 g/mol. The Kier molecular flexibility index (Phi) is 4.55. The van der Waals surface area contributed by atoms with Gasteiger partial charge in [0.25, 0.3) is 0 Å². The van der Waals surface area contributed by atoms with E-state index in [1.54, 1.807) is 11.3 Å². The fourth-order valence-corrected chi connectivity index (χ4v) is 4.24. The Bertz CT molecular complexity index is 865. The van der Waals surface area contributed by atoms with Crippen LogP contribution in [0.1, 0.15) is 36.6 Å². The molecular formula is C19H22N4OS. The summed E-state index contributed by atoms with van der Waals surface area (Å²) in [6.45, 7) is 3.95. The maximum absolute atomic E-state index is 13.1. The van der Waals surface area contributed by atoms with E-state index in [2.05, 4.69) is 31.9 Å². The van der Waals surface area contributed by atoms with Crippen molar-refractivity contribution >= 4 is 33.8 Å². The predicted molar refractivity (Wildman–Crippen MR) is 102 cm³/mol. The molecule has 0 spiro atoms. The molecule has 6 heteroatoms. The Labute approximate surface area is 151 Å². The van der Waals surface area contributed by atoms with Gasteiger partial charge in [-0.3, -0.25) is 14.8 Å². The number of aromatic nitrogens is 2. The third kappa shape index (κ3) is 3.32. The summed E-state index contributed by atoms with van der Waals surface area (Å²) in [5, 5.41) is 15.5. The zero-order valence-corrected chi connectivity index (χ0v) is 15.1. The summed E-state index contributed by atoms with van der Waals surface area (Å²) in [5.74, 6) is 0.0424. The van der Waals surface area contributed by atoms with E-state index in [9.17, 15) is 4.79 Å². The number of amides is 1. The van der Waals surface area contributed by atoms with Crippen molar-refractivity contribution in [3.63, 3.8) is 0 Å². The van der Waals surface area contributed by atoms with Gasteiger partial charge in [-0.25, -0.2) is 0 Å². The van der Waals surface area contributed by atoms with E-state index in [0.29, 0.717) is 0 Å². The van der Waals surface area contributed by atoms with Crippen molar-refractivity contribution in [2.75, 3.05) is 18.4 Å². The average Bonchev–Trinajstić information content (AvgIpc) is 3.27. The second-order valence-electron chi connectivity index (χ2n) is 6.63. The SMILES string of the molecule is Cc1[nH]nc2ccc(NC(=O)C(c3ccsc3)N3CCCCC3)cc12. The highest BCUT2D eigenvalue weighted by Gasteiger charge is 2.29. The van der Waals surface area contributed by atoms with Gasteiger partial charge in [-0.1, -0.05) is 6.42 Å². The summed E-state index contributed by atoms with van der Waals surface area (Å²) < 4.78 is 0. The summed E-state index contributed by atoms with van der Waals surface area (Å²) in [4.78, 5) is 15.4. The van der Waals surface area contributed by atoms with Crippen LogP contribution in [0.5, 0.6) is 0 Å². The third-order valence-corrected chi connectivity index (χ3v) is 5.58. The molecule has 3 aromatic rings. The molecule has 2 aromatic heterocycles. The van der Waals surface area contributed by atoms with E-state index in [1.807, 2.05) is 30.5 Å². The number of piperidine rings is 1. The van der Waals surface area contributed by atoms with E-state index in [-0.39, 0.29) is 11.9 Å². The number of nitrogens with one attached hydrogen (secondary N) is 2. The molecule has 0 saturated carbocycles. The van der Waals surface area contributed by atoms with Crippen LogP contribution in [0.25, 0.3) is 10.9 Å². The number of hydrogen-bond acceptors (Lipinski definition) is 4. The lowest BCUT2D eigenvalue weighted by Gasteiger charge is -2.33. The quantitative estimate of drug-likeness (QED) is 0.741. The molecule has 1 atom stereocenters. The zero-order valence-electron chi connectivity index (χ0n) is 14.3. The third-order valence-electron chi connectivity index (χ3n) is 4.88. The van der Waals surface area contributed by atoms with Gasteiger partial charge < -0.3 is 5.32 Å². The van der Waals surface area contributed by atoms with Crippen LogP contribution in [0, 0.1) is 6.92 Å². The smallest absolute Gasteiger partial charge is 0.246 e. The van der Waals surface area contributed by atoms with E-state index < -0.39 is 0 Å². The van der Waals surface area contributed by atoms with Gasteiger partial charge in [-0.2, -0.15) is 16.4 Å². The maximum atomic E-state index is 13.1. The number of nitrogens with zero attached hydrogens (tertiary/aromatic N) is 2. The van der Waals surface area contributed by atoms with Crippen molar-refractivity contribution < 1.29 is 4.79 Å². The van der Waals surface area contributed by atoms with Gasteiger partial charge in [-0.15, -0.1) is 0 Å². The Morgan fingerprint density at radius 3 is 2.88 bits per heavy atom. The minimum absolute atomic E-state index is 0.0424. The molecule has 3 heterocycles. The number of carbonyl (C=O) groups excluding carboxylic acids is 1. The number of benzene rings is 1. The minimum Gasteiger partial charge on any atom is -0.324 e. The first-order valence-corrected chi connectivity index (χ1v) is 9.68. The maximum Gasteiger partial charge on any atom is 0.246 e. The molecule has 5 nitrogen and oxygen atoms in total. The lowest BCUT2D eigenvalue weighted by atomic mass is 10.0. The van der Waals surface area contributed by atoms with Crippen LogP contribution in [-0.2, 0) is 4.79 Å². The molecule has 1 saturated heterocycles. The number of aryl methyl sites for hydroxylation is 1. The van der Waals surface area contributed by atoms with Crippen LogP contribution >= 0.6 is 11.3 Å². The van der Waals surface area contributed by atoms with Gasteiger partial charge >= 0.3 is 0 Å². The standard InChI is InChI=1S/C19H22N4OS/c1-13-16-11-15(5-6-17(16)22-21-13)20-19(24)18(14-7-10-25-12-14)23-8-3-2-4-9-23/h5-7,10-12,18H,2-4,8-9H2,1H3,(H,20,24)(H,21,22). The number of H-pyrrole nitrogens is 1. The normalized spacial score (nSPS) is 16.8. The van der Waals surface area contributed by atoms with Crippen molar-refractivity contribution in [2.45, 2.75) is 32.2 Å². The highest BCUT2D eigenvalue weighted by molar-refractivity contribution is 7.08. The van der Waals surface area contributed by atoms with Crippen molar-refractivity contribution in [1.29, 1.82) is 0 Å². The molecule has 1 aliphatic rings. The molecule has 25 heavy (non-hydrogen) atoms. The zero-order chi connectivity index (χ0) is 17.2. The van der Waals surface area contributed by atoms with Crippen molar-refractivity contribution in [2.24, 2.45) is 0 Å². The summed E-state index contributed by atoms with van der Waals surface area (Å²) in [6, 6.07) is 7.70. The van der Waals surface area contributed by atoms with Gasteiger partial charge in [0.2, 0.25) is 5.91 Å². The fourth-order valence-electron chi connectivity index (χ4n) is 3.56. The molecule has 130 valence electrons. The molecule has 0 aliphatic carbocycles. The number of hydrogen-bond donors (Lipinski definition) is 2. The highest BCUT2D eigenvalue weighted by Crippen LogP contribution is 2.28. The first kappa shape index (κ1) is 16.3. The minimum atomic E-state index is -0.215. The molecule has 1 amide bonds. The van der Waals surface area contributed by atoms with Gasteiger partial charge in [0.15, 0.2) is 0 Å². The highest BCUT2D eigenvalue weighted by atomic mass is 32.1. The van der Waals surface area contributed by atoms with Gasteiger partial charge in [0.1, 0.15) is 6.04 Å². The number of rotatable bonds is 4. The van der Waals surface area contributed by atoms with Gasteiger partial charge in [0.05, 0.1) is 5.52 Å². The van der Waals surface area contributed by atoms with Crippen LogP contribution in [0.3, 0.4) is 0 Å². The number of anilines is 1. The number of thiophene rings is 1. The van der Waals surface area contributed by atoms with Gasteiger partial charge in [-0.05, 0) is 73.4 Å². The van der Waals surface area contributed by atoms with Crippen molar-refractivity contribution in [3.05, 3.63) is 46.3 Å². The summed E-state index contributed by atoms with van der Waals surface area (Å²) in [7, 11) is 0. The summed E-state index contributed by atoms with van der Waals surface area (Å²) >= 11 is 1.64. The lowest BCUT2D eigenvalue weighted by Crippen LogP contribution is -2.40. The molecule has 2 N–H and O–H groups in total. The van der Waals surface area contributed by atoms with Crippen LogP contribution in [0.15, 0.2) is 35.0 Å². The molecular weight excluding hydrogens is 332 g/mol. The topological polar surface area (TPSA) is 61.0 Å². The Morgan fingerprint density at radius 1 is 1.28 bits per heavy atom. The van der Waals surface area contributed by atoms with E-state index >= 15 is 0 Å². The first-order valence-electron chi connectivity index (χ1n) is 8.74. The Balaban J connectivity index is 1.59. The van der Waals surface area contributed by atoms with E-state index in [0.717, 1.165) is 53.8 Å². The van der Waals surface area contributed by atoms with E-state index in [4.69, 9.17) is 0 Å². The van der Waals surface area contributed by atoms with Crippen LogP contribution < -0.4 is 5.32 Å². The summed E-state index contributed by atoms with van der Waals surface area (Å²) in [5.41, 5.74) is 3.83. The number of carbonyl (C=O) groups is 1. The first-order chi connectivity index (χ1) is 12.2. The largest absolute Gasteiger partial charge is 0.324 e. The monoisotopic (exact) mass is 354 g/mol. The molecule has 0 bridgehead atoms. The van der Waals surface area contributed by atoms with E-state index in [1.165, 1.54) is 6.42 Å². The number of aromatic amines is 1. The molecule has 1 aromatic carbocycles. The number of likely N-dealkylation sites (tertiary alicyclic amines) is 1. The lowest BCUT2D eigenvalue weighted by molar-refractivity contribution is -0.121. The molecule has 4 rings (SSSR count). The Hall–Kier alpha value is -2.18. The van der Waals surface area contributed by atoms with Crippen molar-refractivity contribution in [1.82, 2.24) is 15.1 Å². The van der Waals surface area contributed by atoms with Gasteiger partial charge in [0, 0.05) is 16.8 Å². The van der Waals surface area contributed by atoms with Crippen LogP contribution in [0.2, 0.25) is 0 Å². The molecule has 1 fully saturated rings. The second-order valence-corrected chi connectivity index (χ2v) is 7.41. The molecule has 1 unspecified atom stereocenters. The summed E-state index contributed by atoms with van der Waals surface area (Å²) in [6.07, 6.45) is 3.58. The second kappa shape index (κ2) is 6.98. The van der Waals surface area contributed by atoms with Crippen LogP contribution in [-0.4, -0.2) is 34.1 Å². The van der Waals surface area contributed by atoms with Crippen molar-refractivity contribution in [3.8, 4) is 0 Å². The number of fused-ring (bicyclic) bond motifs is 1. The predicted octanol–water partition coefficient (Wildman–Crippen LogP) is 4.10. The molecule has 1 aliphatic heterocycles. The fraction of sp³-hybridized carbons (Fsp3) is 0.368. The van der Waals surface area contributed by atoms with Crippen LogP contribution in [0.4, 0.5) is 5.69 Å². The Morgan fingerprint density at radius 2 is 2.12 bits per heavy atom. The molecule has 0 radical (unpaired) electrons.